The molecule has 1 amide bonds. The van der Waals surface area contributed by atoms with Crippen LogP contribution in [-0.4, -0.2) is 48.7 Å². The van der Waals surface area contributed by atoms with E-state index in [1.807, 2.05) is 35.2 Å². The van der Waals surface area contributed by atoms with E-state index in [9.17, 15) is 9.18 Å². The van der Waals surface area contributed by atoms with E-state index < -0.39 is 0 Å². The predicted molar refractivity (Wildman–Crippen MR) is 132 cm³/mol. The van der Waals surface area contributed by atoms with Crippen molar-refractivity contribution in [3.05, 3.63) is 82.4 Å². The summed E-state index contributed by atoms with van der Waals surface area (Å²) in [6, 6.07) is 14.7. The highest BCUT2D eigenvalue weighted by Gasteiger charge is 2.31. The molecule has 0 N–H and O–H groups in total. The average molecular weight is 462 g/mol. The first-order valence-corrected chi connectivity index (χ1v) is 12.2. The maximum atomic E-state index is 13.9. The second-order valence-electron chi connectivity index (χ2n) is 9.27. The summed E-state index contributed by atoms with van der Waals surface area (Å²) >= 11 is 0. The van der Waals surface area contributed by atoms with Crippen molar-refractivity contribution >= 4 is 11.6 Å². The third-order valence-electron chi connectivity index (χ3n) is 7.29. The first kappa shape index (κ1) is 22.5. The Kier molecular flexibility index (Phi) is 6.31. The number of nitrogens with zero attached hydrogens (tertiary/aromatic N) is 3. The van der Waals surface area contributed by atoms with Crippen LogP contribution in [0.2, 0.25) is 0 Å². The largest absolute Gasteiger partial charge is 0.495 e. The van der Waals surface area contributed by atoms with Crippen LogP contribution in [0.1, 0.15) is 45.7 Å². The van der Waals surface area contributed by atoms with E-state index in [1.54, 1.807) is 7.11 Å². The van der Waals surface area contributed by atoms with Gasteiger partial charge >= 0.3 is 0 Å². The Bertz CT molecular complexity index is 1180. The first-order valence-electron chi connectivity index (χ1n) is 12.2. The molecule has 5 nitrogen and oxygen atoms in total. The molecule has 0 bridgehead atoms. The standard InChI is InChI=1S/C28H32FN3O2/c1-20-23-7-3-4-8-24(23)32(19-21-11-13-22(29)14-12-21)27(20)28(33)31-17-15-30(16-18-31)25-9-5-6-10-26(25)34-2/h5-6,9-14H,3-4,7-8,15-19H2,1-2H3. The van der Waals surface area contributed by atoms with Gasteiger partial charge in [0.25, 0.3) is 5.91 Å². The van der Waals surface area contributed by atoms with Gasteiger partial charge in [-0.2, -0.15) is 0 Å². The van der Waals surface area contributed by atoms with Crippen molar-refractivity contribution in [1.29, 1.82) is 0 Å². The van der Waals surface area contributed by atoms with Crippen LogP contribution in [0, 0.1) is 12.7 Å². The summed E-state index contributed by atoms with van der Waals surface area (Å²) < 4.78 is 21.2. The molecule has 0 spiro atoms. The maximum Gasteiger partial charge on any atom is 0.270 e. The zero-order valence-electron chi connectivity index (χ0n) is 20.0. The lowest BCUT2D eigenvalue weighted by Gasteiger charge is -2.37. The zero-order chi connectivity index (χ0) is 23.7. The fourth-order valence-corrected chi connectivity index (χ4v) is 5.49. The lowest BCUT2D eigenvalue weighted by atomic mass is 9.95. The lowest BCUT2D eigenvalue weighted by Crippen LogP contribution is -2.49. The molecule has 2 heterocycles. The Labute approximate surface area is 200 Å². The molecule has 1 saturated heterocycles. The molecule has 1 aliphatic carbocycles. The monoisotopic (exact) mass is 461 g/mol. The van der Waals surface area contributed by atoms with Gasteiger partial charge in [0.1, 0.15) is 17.3 Å². The van der Waals surface area contributed by atoms with Crippen LogP contribution in [0.25, 0.3) is 0 Å². The number of hydrogen-bond acceptors (Lipinski definition) is 3. The van der Waals surface area contributed by atoms with Gasteiger partial charge < -0.3 is 19.1 Å². The molecular formula is C28H32FN3O2. The van der Waals surface area contributed by atoms with Crippen LogP contribution >= 0.6 is 0 Å². The number of para-hydroxylation sites is 2. The van der Waals surface area contributed by atoms with Crippen LogP contribution in [0.4, 0.5) is 10.1 Å². The molecular weight excluding hydrogens is 429 g/mol. The van der Waals surface area contributed by atoms with Crippen molar-refractivity contribution in [1.82, 2.24) is 9.47 Å². The second kappa shape index (κ2) is 9.53. The average Bonchev–Trinajstić information content (AvgIpc) is 3.16. The molecule has 1 fully saturated rings. The topological polar surface area (TPSA) is 37.7 Å². The molecule has 6 heteroatoms. The van der Waals surface area contributed by atoms with Crippen LogP contribution in [0.5, 0.6) is 5.75 Å². The van der Waals surface area contributed by atoms with Crippen molar-refractivity contribution in [3.8, 4) is 5.75 Å². The van der Waals surface area contributed by atoms with E-state index >= 15 is 0 Å². The van der Waals surface area contributed by atoms with E-state index in [-0.39, 0.29) is 11.7 Å². The molecule has 178 valence electrons. The highest BCUT2D eigenvalue weighted by molar-refractivity contribution is 5.95. The highest BCUT2D eigenvalue weighted by atomic mass is 19.1. The number of benzene rings is 2. The number of anilines is 1. The molecule has 2 aromatic carbocycles. The van der Waals surface area contributed by atoms with E-state index in [4.69, 9.17) is 4.74 Å². The van der Waals surface area contributed by atoms with Gasteiger partial charge in [-0.25, -0.2) is 4.39 Å². The quantitative estimate of drug-likeness (QED) is 0.546. The smallest absolute Gasteiger partial charge is 0.270 e. The number of methoxy groups -OCH3 is 1. The summed E-state index contributed by atoms with van der Waals surface area (Å²) in [4.78, 5) is 18.1. The molecule has 1 aliphatic heterocycles. The van der Waals surface area contributed by atoms with Crippen molar-refractivity contribution in [2.45, 2.75) is 39.2 Å². The van der Waals surface area contributed by atoms with E-state index in [2.05, 4.69) is 22.5 Å². The fraction of sp³-hybridized carbons (Fsp3) is 0.393. The summed E-state index contributed by atoms with van der Waals surface area (Å²) in [5, 5.41) is 0. The van der Waals surface area contributed by atoms with Crippen LogP contribution in [0.3, 0.4) is 0 Å². The van der Waals surface area contributed by atoms with Gasteiger partial charge in [0.2, 0.25) is 0 Å². The van der Waals surface area contributed by atoms with Crippen molar-refractivity contribution in [2.24, 2.45) is 0 Å². The van der Waals surface area contributed by atoms with Gasteiger partial charge in [0, 0.05) is 38.4 Å². The van der Waals surface area contributed by atoms with E-state index in [0.717, 1.165) is 60.6 Å². The third-order valence-corrected chi connectivity index (χ3v) is 7.29. The van der Waals surface area contributed by atoms with Gasteiger partial charge in [-0.1, -0.05) is 24.3 Å². The van der Waals surface area contributed by atoms with Crippen LogP contribution < -0.4 is 9.64 Å². The van der Waals surface area contributed by atoms with Crippen LogP contribution in [-0.2, 0) is 19.4 Å². The van der Waals surface area contributed by atoms with E-state index in [1.165, 1.54) is 29.8 Å². The minimum Gasteiger partial charge on any atom is -0.495 e. The van der Waals surface area contributed by atoms with Crippen molar-refractivity contribution in [2.75, 3.05) is 38.2 Å². The van der Waals surface area contributed by atoms with E-state index in [0.29, 0.717) is 19.6 Å². The Balaban J connectivity index is 1.40. The van der Waals surface area contributed by atoms with Crippen LogP contribution in [0.15, 0.2) is 48.5 Å². The molecule has 0 atom stereocenters. The van der Waals surface area contributed by atoms with Gasteiger partial charge in [0.15, 0.2) is 0 Å². The Morgan fingerprint density at radius 1 is 0.971 bits per heavy atom. The number of rotatable bonds is 5. The number of fused-ring (bicyclic) bond motifs is 1. The molecule has 5 rings (SSSR count). The number of piperazine rings is 1. The molecule has 3 aromatic rings. The van der Waals surface area contributed by atoms with Crippen molar-refractivity contribution < 1.29 is 13.9 Å². The summed E-state index contributed by atoms with van der Waals surface area (Å²) in [6.45, 7) is 5.57. The second-order valence-corrected chi connectivity index (χ2v) is 9.27. The lowest BCUT2D eigenvalue weighted by molar-refractivity contribution is 0.0735. The number of hydrogen-bond donors (Lipinski definition) is 0. The predicted octanol–water partition coefficient (Wildman–Crippen LogP) is 4.83. The Morgan fingerprint density at radius 2 is 1.68 bits per heavy atom. The van der Waals surface area contributed by atoms with Crippen molar-refractivity contribution in [3.63, 3.8) is 0 Å². The van der Waals surface area contributed by atoms with Gasteiger partial charge in [-0.15, -0.1) is 0 Å². The molecule has 1 aromatic heterocycles. The summed E-state index contributed by atoms with van der Waals surface area (Å²) in [7, 11) is 1.69. The molecule has 0 radical (unpaired) electrons. The van der Waals surface area contributed by atoms with Gasteiger partial charge in [-0.05, 0) is 73.6 Å². The normalized spacial score (nSPS) is 15.9. The summed E-state index contributed by atoms with van der Waals surface area (Å²) in [5.74, 6) is 0.728. The first-order chi connectivity index (χ1) is 16.6. The number of amides is 1. The maximum absolute atomic E-state index is 13.9. The summed E-state index contributed by atoms with van der Waals surface area (Å²) in [5.41, 5.74) is 6.63. The molecule has 2 aliphatic rings. The SMILES string of the molecule is COc1ccccc1N1CCN(C(=O)c2c(C)c3c(n2Cc2ccc(F)cc2)CCCC3)CC1. The minimum atomic E-state index is -0.237. The fourth-order valence-electron chi connectivity index (χ4n) is 5.49. The highest BCUT2D eigenvalue weighted by Crippen LogP contribution is 2.32. The zero-order valence-corrected chi connectivity index (χ0v) is 20.0. The number of carbonyl (C=O) groups excluding carboxylic acids is 1. The summed E-state index contributed by atoms with van der Waals surface area (Å²) in [6.07, 6.45) is 4.33. The Morgan fingerprint density at radius 3 is 2.41 bits per heavy atom. The molecule has 0 unspecified atom stereocenters. The third kappa shape index (κ3) is 4.17. The number of aromatic nitrogens is 1. The molecule has 0 saturated carbocycles. The minimum absolute atomic E-state index is 0.105. The number of carbonyl (C=O) groups is 1. The molecule has 34 heavy (non-hydrogen) atoms. The van der Waals surface area contributed by atoms with Gasteiger partial charge in [0.05, 0.1) is 12.8 Å². The number of ether oxygens (including phenoxy) is 1. The van der Waals surface area contributed by atoms with Gasteiger partial charge in [-0.3, -0.25) is 4.79 Å². The number of halogens is 1. The Hall–Kier alpha value is -3.28.